The maximum Gasteiger partial charge on any atom is 0.326 e. The normalized spacial score (nSPS) is 12.3. The number of carboxylic acids is 1. The van der Waals surface area contributed by atoms with Crippen LogP contribution in [0, 0.1) is 6.92 Å². The lowest BCUT2D eigenvalue weighted by Crippen LogP contribution is -2.40. The fourth-order valence-corrected chi connectivity index (χ4v) is 4.60. The highest BCUT2D eigenvalue weighted by molar-refractivity contribution is 7.11. The van der Waals surface area contributed by atoms with Crippen LogP contribution in [0.2, 0.25) is 0 Å². The number of ether oxygens (including phenoxy) is 1. The molecule has 0 aliphatic carbocycles. The van der Waals surface area contributed by atoms with Crippen molar-refractivity contribution < 1.29 is 19.4 Å². The van der Waals surface area contributed by atoms with Gasteiger partial charge in [-0.05, 0) is 61.1 Å². The number of aryl methyl sites for hydroxylation is 2. The zero-order chi connectivity index (χ0) is 28.1. The predicted molar refractivity (Wildman–Crippen MR) is 156 cm³/mol. The smallest absolute Gasteiger partial charge is 0.326 e. The van der Waals surface area contributed by atoms with Gasteiger partial charge in [-0.1, -0.05) is 77.3 Å². The van der Waals surface area contributed by atoms with E-state index in [0.717, 1.165) is 38.6 Å². The third-order valence-corrected chi connectivity index (χ3v) is 7.52. The monoisotopic (exact) mass is 538 g/mol. The molecule has 206 valence electrons. The van der Waals surface area contributed by atoms with Crippen molar-refractivity contribution in [3.8, 4) is 11.1 Å². The van der Waals surface area contributed by atoms with Crippen molar-refractivity contribution in [1.82, 2.24) is 10.3 Å². The fourth-order valence-electron chi connectivity index (χ4n) is 3.74. The van der Waals surface area contributed by atoms with Gasteiger partial charge in [-0.25, -0.2) is 9.78 Å². The number of hydrogen-bond acceptors (Lipinski definition) is 5. The SMILES string of the molecule is CCCC.CCCC(NC(=O)c1ccc(COC(C)c2cnc(CC)s2)cc1-c1ccccc1C)C(=O)O. The Kier molecular flexibility index (Phi) is 13.2. The second-order valence-electron chi connectivity index (χ2n) is 9.31. The number of carbonyl (C=O) groups excluding carboxylic acids is 1. The summed E-state index contributed by atoms with van der Waals surface area (Å²) in [6.07, 6.45) is 6.36. The molecule has 1 heterocycles. The van der Waals surface area contributed by atoms with Crippen LogP contribution in [0.5, 0.6) is 0 Å². The number of aromatic nitrogens is 1. The topological polar surface area (TPSA) is 88.5 Å². The van der Waals surface area contributed by atoms with Crippen molar-refractivity contribution in [3.05, 3.63) is 75.2 Å². The first kappa shape index (κ1) is 31.2. The number of thiazole rings is 1. The summed E-state index contributed by atoms with van der Waals surface area (Å²) in [5.41, 5.74) is 4.10. The first-order valence-electron chi connectivity index (χ1n) is 13.5. The van der Waals surface area contributed by atoms with E-state index in [0.29, 0.717) is 25.0 Å². The average Bonchev–Trinajstić information content (AvgIpc) is 3.41. The molecule has 0 radical (unpaired) electrons. The third-order valence-electron chi connectivity index (χ3n) is 6.22. The van der Waals surface area contributed by atoms with E-state index in [4.69, 9.17) is 4.74 Å². The Hall–Kier alpha value is -3.03. The Morgan fingerprint density at radius 2 is 1.74 bits per heavy atom. The molecule has 0 saturated carbocycles. The minimum Gasteiger partial charge on any atom is -0.480 e. The number of nitrogens with one attached hydrogen (secondary N) is 1. The molecule has 3 aromatic rings. The van der Waals surface area contributed by atoms with Gasteiger partial charge in [0.25, 0.3) is 5.91 Å². The van der Waals surface area contributed by atoms with Crippen LogP contribution in [0.3, 0.4) is 0 Å². The number of carboxylic acid groups (broad SMARTS) is 1. The summed E-state index contributed by atoms with van der Waals surface area (Å²) >= 11 is 1.66. The van der Waals surface area contributed by atoms with Crippen molar-refractivity contribution in [2.75, 3.05) is 0 Å². The summed E-state index contributed by atoms with van der Waals surface area (Å²) in [6.45, 7) is 12.7. The Balaban J connectivity index is 0.00000118. The molecule has 2 aromatic carbocycles. The molecule has 0 spiro atoms. The summed E-state index contributed by atoms with van der Waals surface area (Å²) in [4.78, 5) is 30.2. The molecule has 2 unspecified atom stereocenters. The van der Waals surface area contributed by atoms with E-state index in [1.54, 1.807) is 17.4 Å². The molecule has 1 aromatic heterocycles. The van der Waals surface area contributed by atoms with Crippen LogP contribution in [0.25, 0.3) is 11.1 Å². The maximum atomic E-state index is 13.1. The van der Waals surface area contributed by atoms with Crippen molar-refractivity contribution in [2.24, 2.45) is 0 Å². The van der Waals surface area contributed by atoms with Gasteiger partial charge in [-0.15, -0.1) is 11.3 Å². The summed E-state index contributed by atoms with van der Waals surface area (Å²) in [7, 11) is 0. The summed E-state index contributed by atoms with van der Waals surface area (Å²) < 4.78 is 6.11. The Labute approximate surface area is 231 Å². The minimum absolute atomic E-state index is 0.0898. The molecule has 0 bridgehead atoms. The molecule has 0 saturated heterocycles. The molecule has 1 amide bonds. The largest absolute Gasteiger partial charge is 0.480 e. The van der Waals surface area contributed by atoms with E-state index < -0.39 is 17.9 Å². The van der Waals surface area contributed by atoms with Gasteiger partial charge in [0.1, 0.15) is 6.04 Å². The van der Waals surface area contributed by atoms with Crippen LogP contribution in [0.4, 0.5) is 0 Å². The molecule has 0 fully saturated rings. The second-order valence-corrected chi connectivity index (χ2v) is 10.5. The number of unbranched alkanes of at least 4 members (excludes halogenated alkanes) is 1. The maximum absolute atomic E-state index is 13.1. The lowest BCUT2D eigenvalue weighted by Gasteiger charge is -2.18. The van der Waals surface area contributed by atoms with E-state index in [9.17, 15) is 14.7 Å². The predicted octanol–water partition coefficient (Wildman–Crippen LogP) is 7.75. The van der Waals surface area contributed by atoms with Crippen LogP contribution < -0.4 is 5.32 Å². The molecule has 0 aliphatic heterocycles. The average molecular weight is 539 g/mol. The first-order chi connectivity index (χ1) is 18.2. The van der Waals surface area contributed by atoms with Gasteiger partial charge in [0.05, 0.1) is 22.6 Å². The van der Waals surface area contributed by atoms with Gasteiger partial charge in [-0.3, -0.25) is 4.79 Å². The molecule has 2 atom stereocenters. The molecular weight excluding hydrogens is 496 g/mol. The Bertz CT molecular complexity index is 1170. The number of aliphatic carboxylic acids is 1. The number of benzene rings is 2. The van der Waals surface area contributed by atoms with E-state index in [1.165, 1.54) is 12.8 Å². The molecule has 38 heavy (non-hydrogen) atoms. The van der Waals surface area contributed by atoms with Crippen molar-refractivity contribution >= 4 is 23.2 Å². The highest BCUT2D eigenvalue weighted by Gasteiger charge is 2.22. The van der Waals surface area contributed by atoms with Gasteiger partial charge in [-0.2, -0.15) is 0 Å². The first-order valence-corrected chi connectivity index (χ1v) is 14.4. The number of nitrogens with zero attached hydrogens (tertiary/aromatic N) is 1. The zero-order valence-electron chi connectivity index (χ0n) is 23.5. The molecule has 2 N–H and O–H groups in total. The van der Waals surface area contributed by atoms with Gasteiger partial charge in [0, 0.05) is 11.8 Å². The zero-order valence-corrected chi connectivity index (χ0v) is 24.4. The van der Waals surface area contributed by atoms with Crippen LogP contribution in [0.15, 0.2) is 48.7 Å². The van der Waals surface area contributed by atoms with Crippen LogP contribution >= 0.6 is 11.3 Å². The summed E-state index contributed by atoms with van der Waals surface area (Å²) in [5.74, 6) is -1.42. The number of rotatable bonds is 12. The van der Waals surface area contributed by atoms with Crippen LogP contribution in [-0.2, 0) is 22.6 Å². The van der Waals surface area contributed by atoms with Crippen LogP contribution in [0.1, 0.15) is 97.8 Å². The molecule has 6 nitrogen and oxygen atoms in total. The van der Waals surface area contributed by atoms with E-state index in [1.807, 2.05) is 63.4 Å². The van der Waals surface area contributed by atoms with E-state index in [-0.39, 0.29) is 6.10 Å². The Morgan fingerprint density at radius 1 is 1.03 bits per heavy atom. The number of carbonyl (C=O) groups is 2. The minimum atomic E-state index is -1.03. The molecular formula is C31H42N2O4S. The lowest BCUT2D eigenvalue weighted by atomic mass is 9.93. The van der Waals surface area contributed by atoms with E-state index >= 15 is 0 Å². The van der Waals surface area contributed by atoms with E-state index in [2.05, 4.69) is 31.1 Å². The number of hydrogen-bond donors (Lipinski definition) is 2. The van der Waals surface area contributed by atoms with Crippen LogP contribution in [-0.4, -0.2) is 28.0 Å². The van der Waals surface area contributed by atoms with Crippen molar-refractivity contribution in [1.29, 1.82) is 0 Å². The number of amides is 1. The quantitative estimate of drug-likeness (QED) is 0.246. The Morgan fingerprint density at radius 3 is 2.32 bits per heavy atom. The third kappa shape index (κ3) is 9.07. The van der Waals surface area contributed by atoms with Crippen molar-refractivity contribution in [3.63, 3.8) is 0 Å². The van der Waals surface area contributed by atoms with Gasteiger partial charge in [0.2, 0.25) is 0 Å². The standard InChI is InChI=1S/C27H32N2O4S.C4H10/c1-5-9-23(27(31)32)29-26(30)21-13-12-19(14-22(21)20-11-8-7-10-17(20)3)16-33-18(4)24-15-28-25(6-2)34-24;1-3-4-2/h7-8,10-15,18,23H,5-6,9,16H2,1-4H3,(H,29,30)(H,31,32);3-4H2,1-2H3. The summed E-state index contributed by atoms with van der Waals surface area (Å²) in [5, 5.41) is 13.2. The van der Waals surface area contributed by atoms with Gasteiger partial charge >= 0.3 is 5.97 Å². The molecule has 0 aliphatic rings. The van der Waals surface area contributed by atoms with Gasteiger partial charge < -0.3 is 15.2 Å². The molecule has 3 rings (SSSR count). The van der Waals surface area contributed by atoms with Gasteiger partial charge in [0.15, 0.2) is 0 Å². The highest BCUT2D eigenvalue weighted by atomic mass is 32.1. The van der Waals surface area contributed by atoms with Crippen molar-refractivity contribution in [2.45, 2.75) is 92.4 Å². The fraction of sp³-hybridized carbons (Fsp3) is 0.452. The lowest BCUT2D eigenvalue weighted by molar-refractivity contribution is -0.139. The highest BCUT2D eigenvalue weighted by Crippen LogP contribution is 2.30. The molecule has 7 heteroatoms. The summed E-state index contributed by atoms with van der Waals surface area (Å²) in [6, 6.07) is 12.5. The second kappa shape index (κ2) is 16.0.